The summed E-state index contributed by atoms with van der Waals surface area (Å²) < 4.78 is 25.8. The fourth-order valence-electron chi connectivity index (χ4n) is 1.32. The van der Waals surface area contributed by atoms with Crippen LogP contribution in [0.5, 0.6) is 0 Å². The SMILES string of the molecule is CNc1cc(F)c(F)cc1NC1CC1. The highest BCUT2D eigenvalue weighted by Gasteiger charge is 2.22. The number of hydrogen-bond acceptors (Lipinski definition) is 2. The standard InChI is InChI=1S/C10H12F2N2/c1-13-9-4-7(11)8(12)5-10(9)14-6-2-3-6/h4-6,13-14H,2-3H2,1H3. The molecular weight excluding hydrogens is 186 g/mol. The minimum Gasteiger partial charge on any atom is -0.386 e. The number of benzene rings is 1. The van der Waals surface area contributed by atoms with Gasteiger partial charge in [-0.05, 0) is 12.8 Å². The molecule has 0 unspecified atom stereocenters. The average Bonchev–Trinajstić information content (AvgIpc) is 2.95. The Morgan fingerprint density at radius 2 is 1.71 bits per heavy atom. The molecule has 0 atom stereocenters. The Morgan fingerprint density at radius 1 is 1.14 bits per heavy atom. The van der Waals surface area contributed by atoms with Crippen molar-refractivity contribution in [2.45, 2.75) is 18.9 Å². The molecule has 0 radical (unpaired) electrons. The molecule has 1 saturated carbocycles. The van der Waals surface area contributed by atoms with Crippen LogP contribution in [0.4, 0.5) is 20.2 Å². The van der Waals surface area contributed by atoms with Gasteiger partial charge in [0.05, 0.1) is 11.4 Å². The maximum absolute atomic E-state index is 12.9. The van der Waals surface area contributed by atoms with Crippen LogP contribution in [0.15, 0.2) is 12.1 Å². The van der Waals surface area contributed by atoms with Crippen molar-refractivity contribution in [3.05, 3.63) is 23.8 Å². The molecule has 4 heteroatoms. The number of halogens is 2. The normalized spacial score (nSPS) is 15.4. The van der Waals surface area contributed by atoms with Gasteiger partial charge in [-0.25, -0.2) is 8.78 Å². The van der Waals surface area contributed by atoms with Crippen molar-refractivity contribution in [2.24, 2.45) is 0 Å². The van der Waals surface area contributed by atoms with E-state index in [4.69, 9.17) is 0 Å². The van der Waals surface area contributed by atoms with Crippen LogP contribution in [0.2, 0.25) is 0 Å². The van der Waals surface area contributed by atoms with Crippen molar-refractivity contribution >= 4 is 11.4 Å². The van der Waals surface area contributed by atoms with Gasteiger partial charge in [-0.1, -0.05) is 0 Å². The number of rotatable bonds is 3. The van der Waals surface area contributed by atoms with Gasteiger partial charge in [-0.3, -0.25) is 0 Å². The van der Waals surface area contributed by atoms with Crippen LogP contribution < -0.4 is 10.6 Å². The lowest BCUT2D eigenvalue weighted by atomic mass is 10.2. The van der Waals surface area contributed by atoms with Crippen LogP contribution >= 0.6 is 0 Å². The van der Waals surface area contributed by atoms with Crippen LogP contribution in [-0.4, -0.2) is 13.1 Å². The minimum atomic E-state index is -0.823. The summed E-state index contributed by atoms with van der Waals surface area (Å²) in [5.74, 6) is -1.64. The minimum absolute atomic E-state index is 0.423. The van der Waals surface area contributed by atoms with Gasteiger partial charge < -0.3 is 10.6 Å². The monoisotopic (exact) mass is 198 g/mol. The first kappa shape index (κ1) is 9.24. The maximum atomic E-state index is 12.9. The molecule has 0 bridgehead atoms. The van der Waals surface area contributed by atoms with Gasteiger partial charge in [-0.2, -0.15) is 0 Å². The molecule has 76 valence electrons. The summed E-state index contributed by atoms with van der Waals surface area (Å²) in [5.41, 5.74) is 1.23. The van der Waals surface area contributed by atoms with Crippen molar-refractivity contribution in [1.82, 2.24) is 0 Å². The number of anilines is 2. The van der Waals surface area contributed by atoms with Gasteiger partial charge in [0, 0.05) is 25.2 Å². The van der Waals surface area contributed by atoms with E-state index < -0.39 is 11.6 Å². The summed E-state index contributed by atoms with van der Waals surface area (Å²) in [4.78, 5) is 0. The third-order valence-corrected chi connectivity index (χ3v) is 2.27. The highest BCUT2D eigenvalue weighted by Crippen LogP contribution is 2.30. The molecule has 0 saturated heterocycles. The zero-order valence-corrected chi connectivity index (χ0v) is 7.90. The molecule has 1 aliphatic carbocycles. The second-order valence-corrected chi connectivity index (χ2v) is 3.48. The van der Waals surface area contributed by atoms with E-state index in [0.717, 1.165) is 12.8 Å². The largest absolute Gasteiger partial charge is 0.386 e. The predicted molar refractivity (Wildman–Crippen MR) is 52.5 cm³/mol. The zero-order valence-electron chi connectivity index (χ0n) is 7.90. The van der Waals surface area contributed by atoms with E-state index >= 15 is 0 Å². The zero-order chi connectivity index (χ0) is 10.1. The number of nitrogens with one attached hydrogen (secondary N) is 2. The van der Waals surface area contributed by atoms with Crippen LogP contribution in [-0.2, 0) is 0 Å². The van der Waals surface area contributed by atoms with Gasteiger partial charge in [0.1, 0.15) is 0 Å². The Bertz CT molecular complexity index is 348. The molecule has 1 fully saturated rings. The molecule has 1 aliphatic rings. The Labute approximate surface area is 81.3 Å². The summed E-state index contributed by atoms with van der Waals surface area (Å²) in [5, 5.41) is 5.96. The fourth-order valence-corrected chi connectivity index (χ4v) is 1.32. The Morgan fingerprint density at radius 3 is 2.21 bits per heavy atom. The summed E-state index contributed by atoms with van der Waals surface area (Å²) in [6, 6.07) is 2.78. The molecule has 2 nitrogen and oxygen atoms in total. The van der Waals surface area contributed by atoms with Crippen LogP contribution in [0.1, 0.15) is 12.8 Å². The van der Waals surface area contributed by atoms with Gasteiger partial charge >= 0.3 is 0 Å². The lowest BCUT2D eigenvalue weighted by Gasteiger charge is -2.11. The van der Waals surface area contributed by atoms with Crippen molar-refractivity contribution in [3.63, 3.8) is 0 Å². The third kappa shape index (κ3) is 1.78. The van der Waals surface area contributed by atoms with Crippen LogP contribution in [0, 0.1) is 11.6 Å². The van der Waals surface area contributed by atoms with Crippen LogP contribution in [0.3, 0.4) is 0 Å². The van der Waals surface area contributed by atoms with E-state index in [1.165, 1.54) is 12.1 Å². The quantitative estimate of drug-likeness (QED) is 0.780. The Kier molecular flexibility index (Phi) is 2.27. The smallest absolute Gasteiger partial charge is 0.161 e. The molecule has 0 aliphatic heterocycles. The highest BCUT2D eigenvalue weighted by atomic mass is 19.2. The van der Waals surface area contributed by atoms with E-state index in [2.05, 4.69) is 10.6 Å². The second kappa shape index (κ2) is 3.44. The lowest BCUT2D eigenvalue weighted by molar-refractivity contribution is 0.509. The maximum Gasteiger partial charge on any atom is 0.161 e. The topological polar surface area (TPSA) is 24.1 Å². The molecule has 2 rings (SSSR count). The molecule has 0 aromatic heterocycles. The molecule has 1 aromatic rings. The van der Waals surface area contributed by atoms with E-state index in [9.17, 15) is 8.78 Å². The Balaban J connectivity index is 2.29. The van der Waals surface area contributed by atoms with Crippen molar-refractivity contribution < 1.29 is 8.78 Å². The summed E-state index contributed by atoms with van der Waals surface area (Å²) in [6.45, 7) is 0. The van der Waals surface area contributed by atoms with Crippen molar-refractivity contribution in [2.75, 3.05) is 17.7 Å². The van der Waals surface area contributed by atoms with Gasteiger partial charge in [0.15, 0.2) is 11.6 Å². The van der Waals surface area contributed by atoms with E-state index in [1.54, 1.807) is 7.05 Å². The lowest BCUT2D eigenvalue weighted by Crippen LogP contribution is -2.05. The molecule has 1 aromatic carbocycles. The Hall–Kier alpha value is -1.32. The first-order chi connectivity index (χ1) is 6.70. The summed E-state index contributed by atoms with van der Waals surface area (Å²) >= 11 is 0. The van der Waals surface area contributed by atoms with Crippen molar-refractivity contribution in [3.8, 4) is 0 Å². The van der Waals surface area contributed by atoms with Gasteiger partial charge in [0.25, 0.3) is 0 Å². The van der Waals surface area contributed by atoms with Crippen molar-refractivity contribution in [1.29, 1.82) is 0 Å². The number of hydrogen-bond donors (Lipinski definition) is 2. The van der Waals surface area contributed by atoms with Gasteiger partial charge in [0.2, 0.25) is 0 Å². The molecule has 0 heterocycles. The molecule has 14 heavy (non-hydrogen) atoms. The third-order valence-electron chi connectivity index (χ3n) is 2.27. The summed E-state index contributed by atoms with van der Waals surface area (Å²) in [7, 11) is 1.69. The second-order valence-electron chi connectivity index (χ2n) is 3.48. The highest BCUT2D eigenvalue weighted by molar-refractivity contribution is 5.69. The van der Waals surface area contributed by atoms with Crippen LogP contribution in [0.25, 0.3) is 0 Å². The molecular formula is C10H12F2N2. The molecule has 2 N–H and O–H groups in total. The van der Waals surface area contributed by atoms with E-state index in [0.29, 0.717) is 17.4 Å². The average molecular weight is 198 g/mol. The van der Waals surface area contributed by atoms with Gasteiger partial charge in [-0.15, -0.1) is 0 Å². The van der Waals surface area contributed by atoms with E-state index in [1.807, 2.05) is 0 Å². The molecule has 0 spiro atoms. The summed E-state index contributed by atoms with van der Waals surface area (Å²) in [6.07, 6.45) is 2.20. The fraction of sp³-hybridized carbons (Fsp3) is 0.400. The predicted octanol–water partition coefficient (Wildman–Crippen LogP) is 2.58. The first-order valence-electron chi connectivity index (χ1n) is 4.64. The molecule has 0 amide bonds. The first-order valence-corrected chi connectivity index (χ1v) is 4.64. The van der Waals surface area contributed by atoms with E-state index in [-0.39, 0.29) is 0 Å².